The molecule has 174 valence electrons. The smallest absolute Gasteiger partial charge is 0.256 e. The number of carbonyl (C=O) groups excluding carboxylic acids is 2. The van der Waals surface area contributed by atoms with Crippen LogP contribution in [0.25, 0.3) is 0 Å². The fourth-order valence-electron chi connectivity index (χ4n) is 5.97. The molecule has 2 unspecified atom stereocenters. The number of ether oxygens (including phenoxy) is 1. The van der Waals surface area contributed by atoms with E-state index < -0.39 is 5.60 Å². The molecule has 2 amide bonds. The van der Waals surface area contributed by atoms with Crippen LogP contribution in [0.4, 0.5) is 0 Å². The number of likely N-dealkylation sites (tertiary alicyclic amines) is 1. The lowest BCUT2D eigenvalue weighted by Gasteiger charge is -2.33. The molecule has 4 atom stereocenters. The molecule has 5 rings (SSSR count). The second-order valence-electron chi connectivity index (χ2n) is 9.75. The van der Waals surface area contributed by atoms with E-state index in [0.717, 1.165) is 44.5 Å². The van der Waals surface area contributed by atoms with Gasteiger partial charge in [-0.2, -0.15) is 0 Å². The molecule has 0 aromatic heterocycles. The second kappa shape index (κ2) is 8.82. The van der Waals surface area contributed by atoms with Crippen LogP contribution in [0.1, 0.15) is 41.6 Å². The number of benzene rings is 2. The van der Waals surface area contributed by atoms with E-state index in [1.54, 1.807) is 31.4 Å². The first kappa shape index (κ1) is 22.0. The Hall–Kier alpha value is -2.86. The van der Waals surface area contributed by atoms with Gasteiger partial charge in [0.05, 0.1) is 7.11 Å². The van der Waals surface area contributed by atoms with Crippen molar-refractivity contribution in [3.05, 3.63) is 65.7 Å². The molecule has 3 aliphatic rings. The van der Waals surface area contributed by atoms with Crippen molar-refractivity contribution in [2.75, 3.05) is 26.7 Å². The van der Waals surface area contributed by atoms with Gasteiger partial charge in [-0.25, -0.2) is 0 Å². The van der Waals surface area contributed by atoms with E-state index in [0.29, 0.717) is 35.4 Å². The van der Waals surface area contributed by atoms with Crippen molar-refractivity contribution in [1.29, 1.82) is 0 Å². The van der Waals surface area contributed by atoms with Gasteiger partial charge in [0.15, 0.2) is 5.60 Å². The van der Waals surface area contributed by atoms with Gasteiger partial charge in [-0.05, 0) is 60.4 Å². The summed E-state index contributed by atoms with van der Waals surface area (Å²) in [5.41, 5.74) is -0.119. The zero-order chi connectivity index (χ0) is 23.0. The summed E-state index contributed by atoms with van der Waals surface area (Å²) in [5.74, 6) is 1.67. The number of hydrogen-bond acceptors (Lipinski definition) is 4. The average Bonchev–Trinajstić information content (AvgIpc) is 3.27. The molecule has 0 radical (unpaired) electrons. The molecule has 6 heteroatoms. The Morgan fingerprint density at radius 3 is 2.27 bits per heavy atom. The van der Waals surface area contributed by atoms with E-state index in [-0.39, 0.29) is 17.7 Å². The Balaban J connectivity index is 1.17. The molecule has 2 aromatic rings. The van der Waals surface area contributed by atoms with Crippen molar-refractivity contribution in [3.8, 4) is 5.75 Å². The first-order valence-electron chi connectivity index (χ1n) is 12.0. The minimum Gasteiger partial charge on any atom is -0.497 e. The average molecular weight is 449 g/mol. The lowest BCUT2D eigenvalue weighted by atomic mass is 9.79. The molecule has 1 saturated heterocycles. The number of rotatable bonds is 7. The molecule has 1 aliphatic heterocycles. The highest BCUT2D eigenvalue weighted by molar-refractivity contribution is 5.94. The number of piperidine rings is 1. The van der Waals surface area contributed by atoms with Crippen LogP contribution >= 0.6 is 0 Å². The molecule has 2 aromatic carbocycles. The summed E-state index contributed by atoms with van der Waals surface area (Å²) >= 11 is 0. The molecule has 1 heterocycles. The van der Waals surface area contributed by atoms with Gasteiger partial charge < -0.3 is 20.1 Å². The summed E-state index contributed by atoms with van der Waals surface area (Å²) in [6.07, 6.45) is 3.85. The maximum Gasteiger partial charge on any atom is 0.256 e. The van der Waals surface area contributed by atoms with E-state index in [1.165, 1.54) is 0 Å². The van der Waals surface area contributed by atoms with Crippen molar-refractivity contribution >= 4 is 11.8 Å². The fraction of sp³-hybridized carbons (Fsp3) is 0.481. The molecule has 2 aliphatic carbocycles. The van der Waals surface area contributed by atoms with Gasteiger partial charge in [-0.1, -0.05) is 43.2 Å². The minimum absolute atomic E-state index is 0.0452. The molecular formula is C27H32N2O4. The first-order chi connectivity index (χ1) is 16.0. The van der Waals surface area contributed by atoms with E-state index in [1.807, 2.05) is 35.2 Å². The van der Waals surface area contributed by atoms with Crippen LogP contribution in [0.5, 0.6) is 5.75 Å². The molecule has 2 saturated carbocycles. The summed E-state index contributed by atoms with van der Waals surface area (Å²) in [6, 6.07) is 16.6. The van der Waals surface area contributed by atoms with Crippen LogP contribution in [0.3, 0.4) is 0 Å². The lowest BCUT2D eigenvalue weighted by Crippen LogP contribution is -2.49. The largest absolute Gasteiger partial charge is 0.497 e. The van der Waals surface area contributed by atoms with Crippen LogP contribution in [0.15, 0.2) is 54.6 Å². The molecule has 3 fully saturated rings. The third-order valence-electron chi connectivity index (χ3n) is 8.00. The summed E-state index contributed by atoms with van der Waals surface area (Å²) in [4.78, 5) is 28.0. The van der Waals surface area contributed by atoms with Crippen molar-refractivity contribution in [2.45, 2.75) is 31.3 Å². The molecule has 2 N–H and O–H groups in total. The summed E-state index contributed by atoms with van der Waals surface area (Å²) < 4.78 is 5.17. The van der Waals surface area contributed by atoms with Gasteiger partial charge in [-0.15, -0.1) is 0 Å². The predicted molar refractivity (Wildman–Crippen MR) is 125 cm³/mol. The summed E-state index contributed by atoms with van der Waals surface area (Å²) in [5, 5.41) is 14.7. The number of aliphatic hydroxyl groups is 1. The van der Waals surface area contributed by atoms with Crippen molar-refractivity contribution in [2.24, 2.45) is 23.7 Å². The number of fused-ring (bicyclic) bond motifs is 1. The fourth-order valence-corrected chi connectivity index (χ4v) is 5.97. The normalized spacial score (nSPS) is 25.9. The van der Waals surface area contributed by atoms with Crippen molar-refractivity contribution < 1.29 is 19.4 Å². The summed E-state index contributed by atoms with van der Waals surface area (Å²) in [7, 11) is 1.61. The van der Waals surface area contributed by atoms with Crippen LogP contribution in [0.2, 0.25) is 0 Å². The van der Waals surface area contributed by atoms with Gasteiger partial charge in [-0.3, -0.25) is 9.59 Å². The SMILES string of the molecule is COc1ccc(C(=O)N2CC3[C@H](CNC(=O)C(O)(c4ccccc4)C4CCCC4)[C@H]3C2)cc1. The van der Waals surface area contributed by atoms with Crippen LogP contribution in [0, 0.1) is 23.7 Å². The van der Waals surface area contributed by atoms with E-state index in [9.17, 15) is 14.7 Å². The third kappa shape index (κ3) is 4.01. The third-order valence-corrected chi connectivity index (χ3v) is 8.00. The molecular weight excluding hydrogens is 416 g/mol. The Morgan fingerprint density at radius 2 is 1.67 bits per heavy atom. The van der Waals surface area contributed by atoms with Crippen molar-refractivity contribution in [1.82, 2.24) is 10.2 Å². The minimum atomic E-state index is -1.47. The van der Waals surface area contributed by atoms with Gasteiger partial charge in [0, 0.05) is 31.1 Å². The zero-order valence-electron chi connectivity index (χ0n) is 19.1. The van der Waals surface area contributed by atoms with Crippen LogP contribution in [-0.2, 0) is 10.4 Å². The standard InChI is InChI=1S/C27H32N2O4/c1-33-21-13-11-18(12-14-21)25(30)29-16-23-22(24(23)17-29)15-28-26(31)27(32,20-9-5-6-10-20)19-7-3-2-4-8-19/h2-4,7-8,11-14,20,22-24,32H,5-6,9-10,15-17H2,1H3,(H,28,31)/t22-,23-,24?,27?/m1/s1. The summed E-state index contributed by atoms with van der Waals surface area (Å²) in [6.45, 7) is 2.00. The van der Waals surface area contributed by atoms with Gasteiger partial charge in [0.1, 0.15) is 5.75 Å². The molecule has 33 heavy (non-hydrogen) atoms. The topological polar surface area (TPSA) is 78.9 Å². The molecule has 6 nitrogen and oxygen atoms in total. The molecule has 0 bridgehead atoms. The number of methoxy groups -OCH3 is 1. The highest BCUT2D eigenvalue weighted by atomic mass is 16.5. The van der Waals surface area contributed by atoms with Gasteiger partial charge in [0.25, 0.3) is 11.8 Å². The van der Waals surface area contributed by atoms with E-state index >= 15 is 0 Å². The second-order valence-corrected chi connectivity index (χ2v) is 9.75. The van der Waals surface area contributed by atoms with Crippen LogP contribution in [-0.4, -0.2) is 48.6 Å². The highest BCUT2D eigenvalue weighted by Gasteiger charge is 2.57. The number of amides is 2. The van der Waals surface area contributed by atoms with Gasteiger partial charge >= 0.3 is 0 Å². The first-order valence-corrected chi connectivity index (χ1v) is 12.0. The number of carbonyl (C=O) groups is 2. The van der Waals surface area contributed by atoms with Crippen LogP contribution < -0.4 is 10.1 Å². The quantitative estimate of drug-likeness (QED) is 0.682. The Morgan fingerprint density at radius 1 is 1.03 bits per heavy atom. The monoisotopic (exact) mass is 448 g/mol. The Bertz CT molecular complexity index is 991. The highest BCUT2D eigenvalue weighted by Crippen LogP contribution is 2.51. The number of hydrogen-bond donors (Lipinski definition) is 2. The lowest BCUT2D eigenvalue weighted by molar-refractivity contribution is -0.147. The Labute approximate surface area is 194 Å². The zero-order valence-corrected chi connectivity index (χ0v) is 19.1. The maximum atomic E-state index is 13.3. The number of nitrogens with zero attached hydrogens (tertiary/aromatic N) is 1. The van der Waals surface area contributed by atoms with Gasteiger partial charge in [0.2, 0.25) is 0 Å². The maximum absolute atomic E-state index is 13.3. The molecule has 0 spiro atoms. The Kier molecular flexibility index (Phi) is 5.87. The van der Waals surface area contributed by atoms with E-state index in [2.05, 4.69) is 5.32 Å². The predicted octanol–water partition coefficient (Wildman–Crippen LogP) is 3.21. The van der Waals surface area contributed by atoms with E-state index in [4.69, 9.17) is 4.74 Å². The number of nitrogens with one attached hydrogen (secondary N) is 1. The van der Waals surface area contributed by atoms with Crippen molar-refractivity contribution in [3.63, 3.8) is 0 Å².